The number of rotatable bonds is 3. The van der Waals surface area contributed by atoms with Crippen LogP contribution < -0.4 is 0 Å². The van der Waals surface area contributed by atoms with Crippen molar-refractivity contribution < 1.29 is 0 Å². The van der Waals surface area contributed by atoms with Crippen molar-refractivity contribution in [3.05, 3.63) is 65.7 Å². The molecule has 0 aromatic heterocycles. The third-order valence-electron chi connectivity index (χ3n) is 6.71. The topological polar surface area (TPSA) is 28.0 Å². The molecule has 1 aliphatic carbocycles. The third-order valence-corrected chi connectivity index (χ3v) is 6.71. The van der Waals surface area contributed by atoms with Crippen molar-refractivity contribution in [3.63, 3.8) is 0 Å². The average molecular weight is 372 g/mol. The van der Waals surface area contributed by atoms with Crippen LogP contribution in [0.5, 0.6) is 0 Å². The number of fused-ring (bicyclic) bond motifs is 3. The maximum atomic E-state index is 5.30. The number of hydrogen-bond donors (Lipinski definition) is 0. The van der Waals surface area contributed by atoms with Crippen LogP contribution in [0.3, 0.4) is 0 Å². The summed E-state index contributed by atoms with van der Waals surface area (Å²) in [7, 11) is 2.28. The Hall–Kier alpha value is -2.26. The lowest BCUT2D eigenvalue weighted by Gasteiger charge is -2.43. The summed E-state index contributed by atoms with van der Waals surface area (Å²) in [6.07, 6.45) is 6.79. The molecule has 3 aliphatic rings. The highest BCUT2D eigenvalue weighted by molar-refractivity contribution is 6.20. The first-order chi connectivity index (χ1) is 13.8. The monoisotopic (exact) mass is 371 g/mol. The number of para-hydroxylation sites is 1. The highest BCUT2D eigenvalue weighted by Crippen LogP contribution is 2.43. The number of hydrogen-bond acceptors (Lipinski definition) is 3. The molecule has 0 radical (unpaired) electrons. The Balaban J connectivity index is 1.55. The molecule has 3 nitrogen and oxygen atoms in total. The van der Waals surface area contributed by atoms with E-state index in [-0.39, 0.29) is 5.92 Å². The second-order valence-electron chi connectivity index (χ2n) is 8.58. The van der Waals surface area contributed by atoms with E-state index in [1.54, 1.807) is 0 Å². The van der Waals surface area contributed by atoms with E-state index in [4.69, 9.17) is 9.98 Å². The van der Waals surface area contributed by atoms with Crippen molar-refractivity contribution in [1.29, 1.82) is 0 Å². The van der Waals surface area contributed by atoms with Crippen molar-refractivity contribution in [1.82, 2.24) is 4.90 Å². The van der Waals surface area contributed by atoms with E-state index >= 15 is 0 Å². The summed E-state index contributed by atoms with van der Waals surface area (Å²) in [6.45, 7) is 1.73. The number of piperidine rings is 1. The van der Waals surface area contributed by atoms with Crippen molar-refractivity contribution in [2.24, 2.45) is 15.9 Å². The maximum Gasteiger partial charge on any atom is 0.0672 e. The lowest BCUT2D eigenvalue weighted by atomic mass is 9.74. The van der Waals surface area contributed by atoms with Crippen molar-refractivity contribution in [2.75, 3.05) is 13.6 Å². The van der Waals surface area contributed by atoms with Gasteiger partial charge in [-0.05, 0) is 43.0 Å². The van der Waals surface area contributed by atoms with Crippen molar-refractivity contribution >= 4 is 17.1 Å². The lowest BCUT2D eigenvalue weighted by Crippen LogP contribution is -2.54. The van der Waals surface area contributed by atoms with Crippen LogP contribution in [0.25, 0.3) is 0 Å². The minimum absolute atomic E-state index is 0.281. The van der Waals surface area contributed by atoms with Crippen LogP contribution in [0, 0.1) is 5.92 Å². The predicted octanol–water partition coefficient (Wildman–Crippen LogP) is 5.39. The summed E-state index contributed by atoms with van der Waals surface area (Å²) in [5.74, 6) is 1.01. The van der Waals surface area contributed by atoms with E-state index in [9.17, 15) is 0 Å². The van der Waals surface area contributed by atoms with Gasteiger partial charge in [0.15, 0.2) is 0 Å². The van der Waals surface area contributed by atoms with Crippen LogP contribution in [0.15, 0.2) is 64.6 Å². The first-order valence-corrected chi connectivity index (χ1v) is 10.8. The Kier molecular flexibility index (Phi) is 4.86. The number of benzene rings is 2. The third kappa shape index (κ3) is 3.22. The molecule has 5 rings (SSSR count). The van der Waals surface area contributed by atoms with Gasteiger partial charge in [-0.15, -0.1) is 0 Å². The number of aliphatic imine (C=N–C) groups is 2. The predicted molar refractivity (Wildman–Crippen MR) is 117 cm³/mol. The van der Waals surface area contributed by atoms with E-state index in [2.05, 4.69) is 66.5 Å². The second kappa shape index (κ2) is 7.63. The SMILES string of the molecule is CN1CC2=Nc3ccccc3C2C(=NCc2ccccc2)C1C1CCCCC1. The number of likely N-dealkylation sites (tertiary alicyclic amines) is 1. The van der Waals surface area contributed by atoms with Crippen molar-refractivity contribution in [3.8, 4) is 0 Å². The molecule has 1 saturated heterocycles. The summed E-state index contributed by atoms with van der Waals surface area (Å²) in [4.78, 5) is 12.8. The van der Waals surface area contributed by atoms with E-state index in [0.717, 1.165) is 24.7 Å². The fourth-order valence-corrected chi connectivity index (χ4v) is 5.44. The smallest absolute Gasteiger partial charge is 0.0672 e. The molecule has 2 fully saturated rings. The quantitative estimate of drug-likeness (QED) is 0.711. The summed E-state index contributed by atoms with van der Waals surface area (Å²) < 4.78 is 0. The van der Waals surface area contributed by atoms with Crippen LogP contribution in [0.1, 0.15) is 49.1 Å². The molecule has 2 aromatic carbocycles. The van der Waals surface area contributed by atoms with Gasteiger partial charge in [-0.1, -0.05) is 67.8 Å². The molecule has 144 valence electrons. The highest BCUT2D eigenvalue weighted by Gasteiger charge is 2.44. The molecule has 2 aromatic rings. The molecule has 2 aliphatic heterocycles. The minimum atomic E-state index is 0.281. The molecular formula is C25H29N3. The molecule has 2 unspecified atom stereocenters. The normalized spacial score (nSPS) is 26.8. The van der Waals surface area contributed by atoms with Gasteiger partial charge >= 0.3 is 0 Å². The van der Waals surface area contributed by atoms with Gasteiger partial charge in [0, 0.05) is 18.0 Å². The van der Waals surface area contributed by atoms with Gasteiger partial charge in [0.05, 0.1) is 24.2 Å². The van der Waals surface area contributed by atoms with Gasteiger partial charge in [-0.25, -0.2) is 0 Å². The fourth-order valence-electron chi connectivity index (χ4n) is 5.44. The lowest BCUT2D eigenvalue weighted by molar-refractivity contribution is 0.202. The van der Waals surface area contributed by atoms with Gasteiger partial charge in [-0.2, -0.15) is 0 Å². The Morgan fingerprint density at radius 3 is 2.54 bits per heavy atom. The van der Waals surface area contributed by atoms with E-state index in [1.165, 1.54) is 54.7 Å². The summed E-state index contributed by atoms with van der Waals surface area (Å²) in [5.41, 5.74) is 6.43. The van der Waals surface area contributed by atoms with Crippen LogP contribution in [0.4, 0.5) is 5.69 Å². The van der Waals surface area contributed by atoms with E-state index in [0.29, 0.717) is 6.04 Å². The molecule has 0 amide bonds. The second-order valence-corrected chi connectivity index (χ2v) is 8.58. The van der Waals surface area contributed by atoms with E-state index < -0.39 is 0 Å². The summed E-state index contributed by atoms with van der Waals surface area (Å²) in [5, 5.41) is 0. The van der Waals surface area contributed by atoms with Crippen LogP contribution in [-0.4, -0.2) is 36.0 Å². The molecule has 0 N–H and O–H groups in total. The first kappa shape index (κ1) is 17.8. The average Bonchev–Trinajstić information content (AvgIpc) is 3.11. The minimum Gasteiger partial charge on any atom is -0.292 e. The van der Waals surface area contributed by atoms with Gasteiger partial charge in [0.2, 0.25) is 0 Å². The first-order valence-electron chi connectivity index (χ1n) is 10.8. The molecule has 0 bridgehead atoms. The molecule has 0 spiro atoms. The Morgan fingerprint density at radius 2 is 1.71 bits per heavy atom. The summed E-state index contributed by atoms with van der Waals surface area (Å²) >= 11 is 0. The fraction of sp³-hybridized carbons (Fsp3) is 0.440. The highest BCUT2D eigenvalue weighted by atomic mass is 15.2. The van der Waals surface area contributed by atoms with Gasteiger partial charge in [0.1, 0.15) is 0 Å². The molecule has 28 heavy (non-hydrogen) atoms. The van der Waals surface area contributed by atoms with Crippen LogP contribution in [0.2, 0.25) is 0 Å². The standard InChI is InChI=1S/C25H29N3/c1-28-17-22-23(20-14-8-9-15-21(20)27-22)24(25(28)19-12-6-3-7-13-19)26-16-18-10-4-2-5-11-18/h2,4-5,8-11,14-15,19,23,25H,3,6-7,12-13,16-17H2,1H3. The zero-order chi connectivity index (χ0) is 18.9. The molecule has 1 saturated carbocycles. The Labute approximate surface area is 168 Å². The van der Waals surface area contributed by atoms with E-state index in [1.807, 2.05) is 0 Å². The Morgan fingerprint density at radius 1 is 0.964 bits per heavy atom. The summed E-state index contributed by atoms with van der Waals surface area (Å²) in [6, 6.07) is 19.8. The maximum absolute atomic E-state index is 5.30. The van der Waals surface area contributed by atoms with Crippen molar-refractivity contribution in [2.45, 2.75) is 50.6 Å². The molecule has 2 heterocycles. The van der Waals surface area contributed by atoms with Crippen LogP contribution in [-0.2, 0) is 6.54 Å². The van der Waals surface area contributed by atoms with Gasteiger partial charge in [0.25, 0.3) is 0 Å². The largest absolute Gasteiger partial charge is 0.292 e. The molecular weight excluding hydrogens is 342 g/mol. The number of nitrogens with zero attached hydrogens (tertiary/aromatic N) is 3. The van der Waals surface area contributed by atoms with Gasteiger partial charge in [-0.3, -0.25) is 14.9 Å². The molecule has 2 atom stereocenters. The zero-order valence-corrected chi connectivity index (χ0v) is 16.7. The Bertz CT molecular complexity index is 893. The molecule has 3 heteroatoms. The van der Waals surface area contributed by atoms with Crippen LogP contribution >= 0.6 is 0 Å². The zero-order valence-electron chi connectivity index (χ0n) is 16.7. The van der Waals surface area contributed by atoms with Gasteiger partial charge < -0.3 is 0 Å².